The Labute approximate surface area is 166 Å². The molecule has 1 aliphatic heterocycles. The minimum Gasteiger partial charge on any atom is -0.473 e. The highest BCUT2D eigenvalue weighted by molar-refractivity contribution is 6.74. The predicted octanol–water partition coefficient (Wildman–Crippen LogP) is 3.51. The Bertz CT molecular complexity index is 651. The van der Waals surface area contributed by atoms with Gasteiger partial charge in [-0.15, -0.1) is 0 Å². The second-order valence-corrected chi connectivity index (χ2v) is 14.9. The van der Waals surface area contributed by atoms with Gasteiger partial charge in [0.25, 0.3) is 0 Å². The van der Waals surface area contributed by atoms with E-state index < -0.39 is 26.6 Å². The third-order valence-corrected chi connectivity index (χ3v) is 10.7. The average Bonchev–Trinajstić information content (AvgIpc) is 2.93. The van der Waals surface area contributed by atoms with Crippen LogP contribution in [0.2, 0.25) is 18.1 Å². The van der Waals surface area contributed by atoms with Gasteiger partial charge in [0, 0.05) is 7.05 Å². The van der Waals surface area contributed by atoms with E-state index in [-0.39, 0.29) is 11.1 Å². The first-order chi connectivity index (χ1) is 12.1. The van der Waals surface area contributed by atoms with Gasteiger partial charge in [0.15, 0.2) is 8.32 Å². The molecule has 1 aromatic rings. The lowest BCUT2D eigenvalue weighted by atomic mass is 9.81. The molecule has 1 atom stereocenters. The summed E-state index contributed by atoms with van der Waals surface area (Å²) >= 11 is 0. The number of aryl methyl sites for hydroxylation is 1. The van der Waals surface area contributed by atoms with Crippen molar-refractivity contribution < 1.29 is 18.5 Å². The van der Waals surface area contributed by atoms with Gasteiger partial charge in [0.2, 0.25) is 5.88 Å². The summed E-state index contributed by atoms with van der Waals surface area (Å²) in [6.45, 7) is 21.9. The fourth-order valence-corrected chi connectivity index (χ4v) is 3.57. The van der Waals surface area contributed by atoms with Gasteiger partial charge in [-0.05, 0) is 52.8 Å². The van der Waals surface area contributed by atoms with Gasteiger partial charge in [0.05, 0.1) is 29.5 Å². The molecule has 0 spiro atoms. The molecule has 1 saturated heterocycles. The summed E-state index contributed by atoms with van der Waals surface area (Å²) < 4.78 is 26.6. The molecule has 0 aromatic carbocycles. The van der Waals surface area contributed by atoms with Crippen molar-refractivity contribution in [2.75, 3.05) is 6.61 Å². The van der Waals surface area contributed by atoms with Crippen LogP contribution >= 0.6 is 0 Å². The van der Waals surface area contributed by atoms with E-state index in [4.69, 9.17) is 18.5 Å². The van der Waals surface area contributed by atoms with Gasteiger partial charge in [-0.3, -0.25) is 0 Å². The zero-order chi connectivity index (χ0) is 20.8. The maximum Gasteiger partial charge on any atom is 0.502 e. The molecule has 2 rings (SSSR count). The molecular formula is C19H37BN2O4Si. The molecule has 0 unspecified atom stereocenters. The standard InChI is InChI=1S/C19H37BN2O4Si/c1-14(13-23-27(10,11)17(2,3)4)24-16-15(12-21-22(16)9)20-25-18(5,6)19(7,8)26-20/h12,14H,13H2,1-11H3/t14-/m0/s1. The van der Waals surface area contributed by atoms with Crippen LogP contribution in [0.4, 0.5) is 0 Å². The van der Waals surface area contributed by atoms with Crippen molar-refractivity contribution in [3.8, 4) is 5.88 Å². The van der Waals surface area contributed by atoms with Crippen molar-refractivity contribution in [1.29, 1.82) is 0 Å². The van der Waals surface area contributed by atoms with Gasteiger partial charge in [0.1, 0.15) is 6.10 Å². The van der Waals surface area contributed by atoms with Crippen LogP contribution in [0.3, 0.4) is 0 Å². The zero-order valence-corrected chi connectivity index (χ0v) is 20.0. The molecule has 1 aliphatic rings. The lowest BCUT2D eigenvalue weighted by Crippen LogP contribution is -2.43. The van der Waals surface area contributed by atoms with Crippen LogP contribution in [0.5, 0.6) is 5.88 Å². The van der Waals surface area contributed by atoms with Crippen LogP contribution < -0.4 is 10.2 Å². The second kappa shape index (κ2) is 7.21. The quantitative estimate of drug-likeness (QED) is 0.689. The van der Waals surface area contributed by atoms with E-state index in [9.17, 15) is 0 Å². The summed E-state index contributed by atoms with van der Waals surface area (Å²) in [5.41, 5.74) is 0.0132. The van der Waals surface area contributed by atoms with E-state index in [0.29, 0.717) is 12.5 Å². The molecule has 1 fully saturated rings. The number of hydrogen-bond acceptors (Lipinski definition) is 5. The lowest BCUT2D eigenvalue weighted by molar-refractivity contribution is 0.00578. The zero-order valence-electron chi connectivity index (χ0n) is 19.0. The van der Waals surface area contributed by atoms with Crippen molar-refractivity contribution in [2.24, 2.45) is 7.05 Å². The predicted molar refractivity (Wildman–Crippen MR) is 112 cm³/mol. The molecular weight excluding hydrogens is 359 g/mol. The Kier molecular flexibility index (Phi) is 6.00. The summed E-state index contributed by atoms with van der Waals surface area (Å²) in [7, 11) is -0.438. The van der Waals surface area contributed by atoms with Crippen LogP contribution in [0.15, 0.2) is 6.20 Å². The van der Waals surface area contributed by atoms with Crippen molar-refractivity contribution >= 4 is 20.9 Å². The molecule has 6 nitrogen and oxygen atoms in total. The van der Waals surface area contributed by atoms with Gasteiger partial charge in [-0.25, -0.2) is 4.68 Å². The molecule has 0 radical (unpaired) electrons. The SMILES string of the molecule is C[C@@H](CO[Si](C)(C)C(C)(C)C)Oc1c(B2OC(C)(C)C(C)(C)O2)cnn1C. The van der Waals surface area contributed by atoms with E-state index in [0.717, 1.165) is 5.46 Å². The van der Waals surface area contributed by atoms with Crippen LogP contribution in [0.1, 0.15) is 55.4 Å². The number of rotatable bonds is 6. The molecule has 154 valence electrons. The third kappa shape index (κ3) is 4.61. The Morgan fingerprint density at radius 2 is 1.70 bits per heavy atom. The highest BCUT2D eigenvalue weighted by Gasteiger charge is 2.53. The monoisotopic (exact) mass is 396 g/mol. The smallest absolute Gasteiger partial charge is 0.473 e. The van der Waals surface area contributed by atoms with Crippen molar-refractivity contribution in [3.05, 3.63) is 6.20 Å². The Morgan fingerprint density at radius 1 is 1.19 bits per heavy atom. The number of ether oxygens (including phenoxy) is 1. The highest BCUT2D eigenvalue weighted by Crippen LogP contribution is 2.38. The summed E-state index contributed by atoms with van der Waals surface area (Å²) in [6, 6.07) is 0. The molecule has 0 bridgehead atoms. The number of nitrogens with zero attached hydrogens (tertiary/aromatic N) is 2. The normalized spacial score (nSPS) is 20.8. The average molecular weight is 396 g/mol. The van der Waals surface area contributed by atoms with Gasteiger partial charge >= 0.3 is 7.12 Å². The van der Waals surface area contributed by atoms with E-state index in [2.05, 4.69) is 39.0 Å². The Hall–Kier alpha value is -0.828. The van der Waals surface area contributed by atoms with E-state index >= 15 is 0 Å². The first kappa shape index (κ1) is 22.5. The topological polar surface area (TPSA) is 54.7 Å². The first-order valence-electron chi connectivity index (χ1n) is 9.75. The summed E-state index contributed by atoms with van der Waals surface area (Å²) in [4.78, 5) is 0. The fraction of sp³-hybridized carbons (Fsp3) is 0.842. The van der Waals surface area contributed by atoms with Crippen molar-refractivity contribution in [3.63, 3.8) is 0 Å². The highest BCUT2D eigenvalue weighted by atomic mass is 28.4. The Morgan fingerprint density at radius 3 is 2.19 bits per heavy atom. The summed E-state index contributed by atoms with van der Waals surface area (Å²) in [5.74, 6) is 0.667. The molecule has 1 aromatic heterocycles. The Balaban J connectivity index is 2.09. The van der Waals surface area contributed by atoms with Crippen LogP contribution in [-0.4, -0.2) is 49.1 Å². The molecule has 8 heteroatoms. The van der Waals surface area contributed by atoms with Crippen molar-refractivity contribution in [1.82, 2.24) is 9.78 Å². The molecule has 2 heterocycles. The molecule has 27 heavy (non-hydrogen) atoms. The van der Waals surface area contributed by atoms with Crippen LogP contribution in [0, 0.1) is 0 Å². The van der Waals surface area contributed by atoms with E-state index in [1.807, 2.05) is 41.7 Å². The maximum absolute atomic E-state index is 6.30. The summed E-state index contributed by atoms with van der Waals surface area (Å²) in [5, 5.41) is 4.53. The fourth-order valence-electron chi connectivity index (χ4n) is 2.49. The van der Waals surface area contributed by atoms with Crippen LogP contribution in [-0.2, 0) is 20.8 Å². The van der Waals surface area contributed by atoms with E-state index in [1.165, 1.54) is 0 Å². The molecule has 0 aliphatic carbocycles. The van der Waals surface area contributed by atoms with Gasteiger partial charge in [-0.1, -0.05) is 20.8 Å². The maximum atomic E-state index is 6.30. The first-order valence-corrected chi connectivity index (χ1v) is 12.7. The summed E-state index contributed by atoms with van der Waals surface area (Å²) in [6.07, 6.45) is 1.66. The number of hydrogen-bond donors (Lipinski definition) is 0. The second-order valence-electron chi connectivity index (χ2n) is 10.1. The van der Waals surface area contributed by atoms with Gasteiger partial charge < -0.3 is 18.5 Å². The third-order valence-electron chi connectivity index (χ3n) is 6.22. The molecule has 0 N–H and O–H groups in total. The van der Waals surface area contributed by atoms with Crippen LogP contribution in [0.25, 0.3) is 0 Å². The number of aromatic nitrogens is 2. The van der Waals surface area contributed by atoms with E-state index in [1.54, 1.807) is 10.9 Å². The van der Waals surface area contributed by atoms with Gasteiger partial charge in [-0.2, -0.15) is 5.10 Å². The molecule has 0 amide bonds. The molecule has 0 saturated carbocycles. The lowest BCUT2D eigenvalue weighted by Gasteiger charge is -2.36. The minimum atomic E-state index is -1.81. The minimum absolute atomic E-state index is 0.101. The van der Waals surface area contributed by atoms with Crippen molar-refractivity contribution in [2.45, 2.75) is 90.8 Å². The largest absolute Gasteiger partial charge is 0.502 e.